The van der Waals surface area contributed by atoms with Gasteiger partial charge in [0, 0.05) is 4.88 Å². The zero-order valence-corrected chi connectivity index (χ0v) is 13.1. The van der Waals surface area contributed by atoms with E-state index < -0.39 is 0 Å². The lowest BCUT2D eigenvalue weighted by Gasteiger charge is -2.13. The maximum absolute atomic E-state index is 6.28. The van der Waals surface area contributed by atoms with Crippen molar-refractivity contribution in [1.82, 2.24) is 0 Å². The summed E-state index contributed by atoms with van der Waals surface area (Å²) in [7, 11) is 0. The Hall–Kier alpha value is -0.640. The molecule has 18 heavy (non-hydrogen) atoms. The predicted octanol–water partition coefficient (Wildman–Crippen LogP) is 5.07. The number of rotatable bonds is 4. The molecule has 1 aromatic carbocycles. The molecule has 2 unspecified atom stereocenters. The van der Waals surface area contributed by atoms with Crippen molar-refractivity contribution in [3.8, 4) is 0 Å². The van der Waals surface area contributed by atoms with Crippen LogP contribution in [0.15, 0.2) is 40.2 Å². The van der Waals surface area contributed by atoms with Crippen molar-refractivity contribution in [1.29, 1.82) is 0 Å². The van der Waals surface area contributed by atoms with Gasteiger partial charge in [0.2, 0.25) is 0 Å². The van der Waals surface area contributed by atoms with Crippen LogP contribution in [0.2, 0.25) is 0 Å². The first kappa shape index (κ1) is 13.8. The molecule has 0 saturated carbocycles. The second kappa shape index (κ2) is 6.00. The Bertz CT molecular complexity index is 503. The Labute approximate surface area is 121 Å². The smallest absolute Gasteiger partial charge is 0.0702 e. The molecular weight excluding hydrogens is 306 g/mol. The molecule has 0 aliphatic carbocycles. The number of thiophene rings is 1. The molecule has 0 aliphatic heterocycles. The van der Waals surface area contributed by atoms with Crippen LogP contribution in [0, 0.1) is 0 Å². The maximum Gasteiger partial charge on any atom is 0.0702 e. The van der Waals surface area contributed by atoms with E-state index in [2.05, 4.69) is 60.1 Å². The first-order valence-electron chi connectivity index (χ1n) is 6.22. The van der Waals surface area contributed by atoms with Gasteiger partial charge in [0.05, 0.1) is 9.83 Å². The van der Waals surface area contributed by atoms with Crippen LogP contribution in [-0.2, 0) is 0 Å². The minimum Gasteiger partial charge on any atom is -0.320 e. The monoisotopic (exact) mass is 323 g/mol. The lowest BCUT2D eigenvalue weighted by atomic mass is 9.96. The van der Waals surface area contributed by atoms with E-state index in [1.165, 1.54) is 22.4 Å². The second-order valence-electron chi connectivity index (χ2n) is 4.60. The quantitative estimate of drug-likeness (QED) is 0.834. The fourth-order valence-corrected chi connectivity index (χ4v) is 3.38. The third-order valence-corrected chi connectivity index (χ3v) is 5.08. The standard InChI is InChI=1S/C15H18BrNS/c1-3-10(2)11-4-6-12(7-5-11)15(17)13-8-9-14(16)18-13/h4-10,15H,3,17H2,1-2H3. The van der Waals surface area contributed by atoms with Crippen LogP contribution in [0.3, 0.4) is 0 Å². The number of hydrogen-bond donors (Lipinski definition) is 1. The molecule has 1 heterocycles. The lowest BCUT2D eigenvalue weighted by Crippen LogP contribution is -2.10. The van der Waals surface area contributed by atoms with Crippen LogP contribution in [-0.4, -0.2) is 0 Å². The summed E-state index contributed by atoms with van der Waals surface area (Å²) >= 11 is 5.17. The summed E-state index contributed by atoms with van der Waals surface area (Å²) in [6.07, 6.45) is 1.17. The summed E-state index contributed by atoms with van der Waals surface area (Å²) in [6.45, 7) is 4.47. The summed E-state index contributed by atoms with van der Waals surface area (Å²) < 4.78 is 1.13. The SMILES string of the molecule is CCC(C)c1ccc(C(N)c2ccc(Br)s2)cc1. The highest BCUT2D eigenvalue weighted by Gasteiger charge is 2.11. The van der Waals surface area contributed by atoms with Gasteiger partial charge in [-0.05, 0) is 51.5 Å². The van der Waals surface area contributed by atoms with Gasteiger partial charge in [-0.15, -0.1) is 11.3 Å². The number of halogens is 1. The fourth-order valence-electron chi connectivity index (χ4n) is 1.93. The summed E-state index contributed by atoms with van der Waals surface area (Å²) in [6, 6.07) is 12.8. The van der Waals surface area contributed by atoms with E-state index in [0.717, 1.165) is 3.79 Å². The van der Waals surface area contributed by atoms with Crippen LogP contribution < -0.4 is 5.73 Å². The van der Waals surface area contributed by atoms with Crippen molar-refractivity contribution in [2.45, 2.75) is 32.2 Å². The summed E-state index contributed by atoms with van der Waals surface area (Å²) in [5.74, 6) is 0.617. The van der Waals surface area contributed by atoms with Crippen LogP contribution in [0.4, 0.5) is 0 Å². The molecule has 0 radical (unpaired) electrons. The number of nitrogens with two attached hydrogens (primary N) is 1. The van der Waals surface area contributed by atoms with E-state index in [1.807, 2.05) is 6.07 Å². The van der Waals surface area contributed by atoms with Crippen molar-refractivity contribution < 1.29 is 0 Å². The first-order valence-corrected chi connectivity index (χ1v) is 7.83. The van der Waals surface area contributed by atoms with Crippen molar-refractivity contribution in [3.63, 3.8) is 0 Å². The average Bonchev–Trinajstić information content (AvgIpc) is 2.84. The second-order valence-corrected chi connectivity index (χ2v) is 7.09. The van der Waals surface area contributed by atoms with Crippen LogP contribution in [0.5, 0.6) is 0 Å². The van der Waals surface area contributed by atoms with Gasteiger partial charge in [0.25, 0.3) is 0 Å². The molecule has 3 heteroatoms. The summed E-state index contributed by atoms with van der Waals surface area (Å²) in [5, 5.41) is 0. The van der Waals surface area contributed by atoms with Crippen LogP contribution in [0.25, 0.3) is 0 Å². The highest BCUT2D eigenvalue weighted by Crippen LogP contribution is 2.30. The number of benzene rings is 1. The highest BCUT2D eigenvalue weighted by molar-refractivity contribution is 9.11. The normalized spacial score (nSPS) is 14.4. The molecule has 2 rings (SSSR count). The Morgan fingerprint density at radius 1 is 1.11 bits per heavy atom. The molecule has 96 valence electrons. The van der Waals surface area contributed by atoms with Gasteiger partial charge in [0.1, 0.15) is 0 Å². The molecule has 0 spiro atoms. The Balaban J connectivity index is 2.19. The number of hydrogen-bond acceptors (Lipinski definition) is 2. The van der Waals surface area contributed by atoms with Crippen molar-refractivity contribution in [3.05, 3.63) is 56.2 Å². The van der Waals surface area contributed by atoms with Crippen LogP contribution in [0.1, 0.15) is 48.2 Å². The molecule has 2 N–H and O–H groups in total. The maximum atomic E-state index is 6.28. The lowest BCUT2D eigenvalue weighted by molar-refractivity contribution is 0.732. The van der Waals surface area contributed by atoms with E-state index in [9.17, 15) is 0 Å². The van der Waals surface area contributed by atoms with Gasteiger partial charge in [0.15, 0.2) is 0 Å². The molecule has 0 amide bonds. The molecule has 0 fully saturated rings. The zero-order chi connectivity index (χ0) is 13.1. The van der Waals surface area contributed by atoms with Gasteiger partial charge in [-0.1, -0.05) is 38.1 Å². The van der Waals surface area contributed by atoms with E-state index in [1.54, 1.807) is 11.3 Å². The third kappa shape index (κ3) is 3.02. The van der Waals surface area contributed by atoms with Crippen LogP contribution >= 0.6 is 27.3 Å². The molecule has 0 aliphatic rings. The Morgan fingerprint density at radius 3 is 2.22 bits per heavy atom. The average molecular weight is 324 g/mol. The summed E-state index contributed by atoms with van der Waals surface area (Å²) in [5.41, 5.74) is 8.84. The van der Waals surface area contributed by atoms with E-state index in [4.69, 9.17) is 5.73 Å². The van der Waals surface area contributed by atoms with E-state index >= 15 is 0 Å². The van der Waals surface area contributed by atoms with Gasteiger partial charge in [-0.25, -0.2) is 0 Å². The van der Waals surface area contributed by atoms with Crippen molar-refractivity contribution >= 4 is 27.3 Å². The van der Waals surface area contributed by atoms with Gasteiger partial charge >= 0.3 is 0 Å². The zero-order valence-electron chi connectivity index (χ0n) is 10.7. The minimum atomic E-state index is -0.0210. The highest BCUT2D eigenvalue weighted by atomic mass is 79.9. The van der Waals surface area contributed by atoms with Crippen molar-refractivity contribution in [2.24, 2.45) is 5.73 Å². The fraction of sp³-hybridized carbons (Fsp3) is 0.333. The Kier molecular flexibility index (Phi) is 4.60. The topological polar surface area (TPSA) is 26.0 Å². The molecule has 1 nitrogen and oxygen atoms in total. The molecule has 0 saturated heterocycles. The van der Waals surface area contributed by atoms with Gasteiger partial charge in [-0.2, -0.15) is 0 Å². The molecule has 2 atom stereocenters. The predicted molar refractivity (Wildman–Crippen MR) is 83.2 cm³/mol. The third-order valence-electron chi connectivity index (χ3n) is 3.38. The van der Waals surface area contributed by atoms with Crippen molar-refractivity contribution in [2.75, 3.05) is 0 Å². The summed E-state index contributed by atoms with van der Waals surface area (Å²) in [4.78, 5) is 1.19. The van der Waals surface area contributed by atoms with E-state index in [0.29, 0.717) is 5.92 Å². The minimum absolute atomic E-state index is 0.0210. The van der Waals surface area contributed by atoms with Gasteiger partial charge in [-0.3, -0.25) is 0 Å². The molecule has 0 bridgehead atoms. The Morgan fingerprint density at radius 2 is 1.72 bits per heavy atom. The molecule has 1 aromatic heterocycles. The largest absolute Gasteiger partial charge is 0.320 e. The van der Waals surface area contributed by atoms with E-state index in [-0.39, 0.29) is 6.04 Å². The molecular formula is C15H18BrNS. The van der Waals surface area contributed by atoms with Gasteiger partial charge < -0.3 is 5.73 Å². The molecule has 2 aromatic rings. The first-order chi connectivity index (χ1) is 8.61.